The molecule has 0 saturated heterocycles. The van der Waals surface area contributed by atoms with Crippen molar-refractivity contribution in [3.8, 4) is 0 Å². The van der Waals surface area contributed by atoms with E-state index in [2.05, 4.69) is 35.6 Å². The number of carbonyl (C=O) groups is 1. The van der Waals surface area contributed by atoms with Crippen molar-refractivity contribution < 1.29 is 4.79 Å². The van der Waals surface area contributed by atoms with Gasteiger partial charge >= 0.3 is 0 Å². The highest BCUT2D eigenvalue weighted by atomic mass is 16.1. The Bertz CT molecular complexity index is 948. The van der Waals surface area contributed by atoms with E-state index in [4.69, 9.17) is 0 Å². The summed E-state index contributed by atoms with van der Waals surface area (Å²) in [6, 6.07) is 41.0. The molecule has 4 rings (SSSR count). The monoisotopic (exact) mass is 376 g/mol. The Morgan fingerprint density at radius 2 is 1.10 bits per heavy atom. The second-order valence-corrected chi connectivity index (χ2v) is 6.98. The van der Waals surface area contributed by atoms with Crippen molar-refractivity contribution in [2.75, 3.05) is 0 Å². The van der Waals surface area contributed by atoms with Gasteiger partial charge in [-0.2, -0.15) is 0 Å². The van der Waals surface area contributed by atoms with Crippen LogP contribution in [0.2, 0.25) is 0 Å². The summed E-state index contributed by atoms with van der Waals surface area (Å²) >= 11 is 0. The van der Waals surface area contributed by atoms with Crippen molar-refractivity contribution >= 4 is 5.91 Å². The summed E-state index contributed by atoms with van der Waals surface area (Å²) in [5.41, 5.74) is 3.22. The van der Waals surface area contributed by atoms with Gasteiger partial charge in [-0.3, -0.25) is 4.79 Å². The van der Waals surface area contributed by atoms with E-state index >= 15 is 0 Å². The zero-order chi connectivity index (χ0) is 19.9. The minimum atomic E-state index is -0.788. The third-order valence-corrected chi connectivity index (χ3v) is 5.10. The molecule has 0 aliphatic carbocycles. The van der Waals surface area contributed by atoms with Crippen molar-refractivity contribution in [1.82, 2.24) is 5.32 Å². The van der Waals surface area contributed by atoms with Gasteiger partial charge in [-0.15, -0.1) is 0 Å². The highest BCUT2D eigenvalue weighted by molar-refractivity contribution is 5.81. The van der Waals surface area contributed by atoms with Crippen molar-refractivity contribution in [2.45, 2.75) is 12.0 Å². The molecule has 0 unspecified atom stereocenters. The van der Waals surface area contributed by atoms with Gasteiger partial charge in [0.05, 0.1) is 6.42 Å². The van der Waals surface area contributed by atoms with E-state index in [1.165, 1.54) is 0 Å². The Kier molecular flexibility index (Phi) is 5.53. The van der Waals surface area contributed by atoms with Crippen molar-refractivity contribution in [1.29, 1.82) is 0 Å². The summed E-state index contributed by atoms with van der Waals surface area (Å²) in [5.74, 6) is -0.0308. The Morgan fingerprint density at radius 3 is 1.62 bits per heavy atom. The molecule has 4 aromatic rings. The van der Waals surface area contributed by atoms with Crippen LogP contribution in [0.4, 0.5) is 0 Å². The Balaban J connectivity index is 1.85. The first-order valence-corrected chi connectivity index (χ1v) is 9.71. The van der Waals surface area contributed by atoms with E-state index in [0.717, 1.165) is 22.3 Å². The largest absolute Gasteiger partial charge is 0.338 e. The van der Waals surface area contributed by atoms with Crippen LogP contribution in [-0.4, -0.2) is 5.91 Å². The van der Waals surface area contributed by atoms with Crippen molar-refractivity contribution in [3.05, 3.63) is 144 Å². The van der Waals surface area contributed by atoms with Crippen LogP contribution in [0, 0.1) is 6.07 Å². The van der Waals surface area contributed by atoms with Gasteiger partial charge in [-0.1, -0.05) is 115 Å². The highest BCUT2D eigenvalue weighted by Gasteiger charge is 2.37. The van der Waals surface area contributed by atoms with Gasteiger partial charge in [0.2, 0.25) is 5.91 Å². The normalized spacial score (nSPS) is 11.0. The van der Waals surface area contributed by atoms with Crippen LogP contribution in [-0.2, 0) is 16.8 Å². The standard InChI is InChI=1S/C27H22NO/c29-26(21-22-13-5-1-6-14-22)28-27(23-15-7-2-8-16-23,24-17-9-3-10-18-24)25-19-11-4-12-20-25/h1-3,5-20H,21H2,(H,28,29). The number of benzene rings is 4. The van der Waals surface area contributed by atoms with Crippen molar-refractivity contribution in [3.63, 3.8) is 0 Å². The fourth-order valence-corrected chi connectivity index (χ4v) is 3.76. The number of rotatable bonds is 6. The average Bonchev–Trinajstić information content (AvgIpc) is 2.80. The lowest BCUT2D eigenvalue weighted by atomic mass is 9.77. The van der Waals surface area contributed by atoms with Crippen molar-refractivity contribution in [2.24, 2.45) is 0 Å². The van der Waals surface area contributed by atoms with Crippen LogP contribution < -0.4 is 5.32 Å². The maximum absolute atomic E-state index is 13.2. The third kappa shape index (κ3) is 3.97. The zero-order valence-corrected chi connectivity index (χ0v) is 16.1. The summed E-state index contributed by atoms with van der Waals surface area (Å²) < 4.78 is 0. The summed E-state index contributed by atoms with van der Waals surface area (Å²) in [6.07, 6.45) is 0.321. The second kappa shape index (κ2) is 8.57. The molecule has 1 radical (unpaired) electrons. The average molecular weight is 376 g/mol. The molecule has 0 heterocycles. The molecule has 4 aromatic carbocycles. The lowest BCUT2D eigenvalue weighted by Gasteiger charge is -2.37. The van der Waals surface area contributed by atoms with Gasteiger partial charge in [0.1, 0.15) is 5.54 Å². The summed E-state index contributed by atoms with van der Waals surface area (Å²) in [4.78, 5) is 13.2. The number of hydrogen-bond acceptors (Lipinski definition) is 1. The van der Waals surface area contributed by atoms with E-state index in [1.54, 1.807) is 0 Å². The van der Waals surface area contributed by atoms with Gasteiger partial charge in [0, 0.05) is 0 Å². The first kappa shape index (κ1) is 18.7. The van der Waals surface area contributed by atoms with Crippen LogP contribution in [0.15, 0.2) is 115 Å². The zero-order valence-electron chi connectivity index (χ0n) is 16.1. The fourth-order valence-electron chi connectivity index (χ4n) is 3.76. The summed E-state index contributed by atoms with van der Waals surface area (Å²) in [6.45, 7) is 0. The van der Waals surface area contributed by atoms with Crippen LogP contribution in [0.25, 0.3) is 0 Å². The predicted molar refractivity (Wildman–Crippen MR) is 116 cm³/mol. The lowest BCUT2D eigenvalue weighted by molar-refractivity contribution is -0.121. The Labute approximate surface area is 171 Å². The molecular weight excluding hydrogens is 354 g/mol. The van der Waals surface area contributed by atoms with Crippen LogP contribution in [0.5, 0.6) is 0 Å². The number of carbonyl (C=O) groups excluding carboxylic acids is 1. The first-order chi connectivity index (χ1) is 14.3. The molecule has 0 atom stereocenters. The van der Waals surface area contributed by atoms with E-state index in [0.29, 0.717) is 6.42 Å². The molecule has 29 heavy (non-hydrogen) atoms. The molecule has 1 amide bonds. The van der Waals surface area contributed by atoms with E-state index < -0.39 is 5.54 Å². The third-order valence-electron chi connectivity index (χ3n) is 5.10. The van der Waals surface area contributed by atoms with Gasteiger partial charge in [-0.05, 0) is 28.3 Å². The highest BCUT2D eigenvalue weighted by Crippen LogP contribution is 2.36. The van der Waals surface area contributed by atoms with E-state index in [9.17, 15) is 4.79 Å². The van der Waals surface area contributed by atoms with E-state index in [1.807, 2.05) is 91.0 Å². The summed E-state index contributed by atoms with van der Waals surface area (Å²) in [7, 11) is 0. The fraction of sp³-hybridized carbons (Fsp3) is 0.0741. The Morgan fingerprint density at radius 1 is 0.655 bits per heavy atom. The predicted octanol–water partition coefficient (Wildman–Crippen LogP) is 5.14. The molecule has 2 nitrogen and oxygen atoms in total. The van der Waals surface area contributed by atoms with Crippen LogP contribution >= 0.6 is 0 Å². The smallest absolute Gasteiger partial charge is 0.225 e. The molecule has 0 spiro atoms. The molecular formula is C27H22NO. The summed E-state index contributed by atoms with van der Waals surface area (Å²) in [5, 5.41) is 3.38. The van der Waals surface area contributed by atoms with E-state index in [-0.39, 0.29) is 5.91 Å². The first-order valence-electron chi connectivity index (χ1n) is 9.71. The Hall–Kier alpha value is -3.65. The van der Waals surface area contributed by atoms with Gasteiger partial charge in [0.25, 0.3) is 0 Å². The second-order valence-electron chi connectivity index (χ2n) is 6.98. The quantitative estimate of drug-likeness (QED) is 0.464. The maximum atomic E-state index is 13.2. The van der Waals surface area contributed by atoms with Gasteiger partial charge < -0.3 is 5.32 Å². The molecule has 0 fully saturated rings. The number of nitrogens with one attached hydrogen (secondary N) is 1. The minimum absolute atomic E-state index is 0.0308. The SMILES string of the molecule is O=C(Cc1ccccc1)NC(c1cc[c]cc1)(c1ccccc1)c1ccccc1. The topological polar surface area (TPSA) is 29.1 Å². The van der Waals surface area contributed by atoms with Gasteiger partial charge in [0.15, 0.2) is 0 Å². The lowest BCUT2D eigenvalue weighted by Crippen LogP contribution is -2.48. The molecule has 0 aliphatic heterocycles. The number of amides is 1. The molecule has 0 saturated carbocycles. The molecule has 141 valence electrons. The minimum Gasteiger partial charge on any atom is -0.338 e. The molecule has 1 N–H and O–H groups in total. The molecule has 0 aliphatic rings. The molecule has 2 heteroatoms. The van der Waals surface area contributed by atoms with Crippen LogP contribution in [0.3, 0.4) is 0 Å². The van der Waals surface area contributed by atoms with Gasteiger partial charge in [-0.25, -0.2) is 0 Å². The molecule has 0 aromatic heterocycles. The maximum Gasteiger partial charge on any atom is 0.225 e. The number of hydrogen-bond donors (Lipinski definition) is 1. The van der Waals surface area contributed by atoms with Crippen LogP contribution in [0.1, 0.15) is 22.3 Å². The molecule has 0 bridgehead atoms.